The zero-order valence-electron chi connectivity index (χ0n) is 23.0. The third kappa shape index (κ3) is 5.48. The van der Waals surface area contributed by atoms with Crippen LogP contribution in [0, 0.1) is 5.82 Å². The number of halogens is 3. The second-order valence-electron chi connectivity index (χ2n) is 11.8. The Morgan fingerprint density at radius 3 is 2.20 bits per heavy atom. The Morgan fingerprint density at radius 2 is 1.61 bits per heavy atom. The van der Waals surface area contributed by atoms with Gasteiger partial charge >= 0.3 is 6.09 Å². The first kappa shape index (κ1) is 28.8. The van der Waals surface area contributed by atoms with Crippen molar-refractivity contribution in [3.63, 3.8) is 0 Å². The smallest absolute Gasteiger partial charge is 0.410 e. The predicted octanol–water partition coefficient (Wildman–Crippen LogP) is 1.99. The summed E-state index contributed by atoms with van der Waals surface area (Å²) in [5.41, 5.74) is -0.968. The minimum Gasteiger partial charge on any atom is -0.444 e. The molecule has 0 radical (unpaired) electrons. The molecule has 5 amide bonds. The first-order valence-electron chi connectivity index (χ1n) is 13.6. The fourth-order valence-corrected chi connectivity index (χ4v) is 5.86. The van der Waals surface area contributed by atoms with Gasteiger partial charge in [0.1, 0.15) is 17.5 Å². The van der Waals surface area contributed by atoms with Crippen molar-refractivity contribution in [3.8, 4) is 0 Å². The average molecular weight is 580 g/mol. The summed E-state index contributed by atoms with van der Waals surface area (Å²) in [6, 6.07) is -0.0441. The molecule has 41 heavy (non-hydrogen) atoms. The van der Waals surface area contributed by atoms with Crippen LogP contribution in [0.3, 0.4) is 0 Å². The summed E-state index contributed by atoms with van der Waals surface area (Å²) in [6.07, 6.45) is -0.787. The van der Waals surface area contributed by atoms with Gasteiger partial charge in [-0.15, -0.1) is 0 Å². The molecule has 5 rings (SSSR count). The highest BCUT2D eigenvalue weighted by atomic mass is 19.3. The fourth-order valence-electron chi connectivity index (χ4n) is 5.86. The number of benzene rings is 1. The van der Waals surface area contributed by atoms with Crippen molar-refractivity contribution < 1.29 is 41.9 Å². The first-order valence-corrected chi connectivity index (χ1v) is 13.6. The molecule has 0 saturated carbocycles. The van der Waals surface area contributed by atoms with Crippen molar-refractivity contribution in [2.75, 3.05) is 44.2 Å². The molecular formula is C27H32F3N5O6. The second kappa shape index (κ2) is 10.3. The zero-order valence-corrected chi connectivity index (χ0v) is 23.0. The van der Waals surface area contributed by atoms with Crippen LogP contribution in [0.2, 0.25) is 0 Å². The number of piperazine rings is 1. The minimum atomic E-state index is -3.18. The Labute approximate surface area is 234 Å². The maximum absolute atomic E-state index is 15.2. The monoisotopic (exact) mass is 579 g/mol. The summed E-state index contributed by atoms with van der Waals surface area (Å²) in [5.74, 6) is -6.75. The van der Waals surface area contributed by atoms with Gasteiger partial charge in [-0.25, -0.2) is 18.0 Å². The van der Waals surface area contributed by atoms with Crippen molar-refractivity contribution in [2.45, 2.75) is 63.6 Å². The standard InChI is InChI=1S/C27H32F3N5O6/c1-26(2,3)41-25(40)34-7-6-20(27(29,30)14-34)33-10-8-32(9-11-33)19-13-16-15(12-17(19)28)23(38)35(24(16)39)18-4-5-21(36)31-22(18)37/h12-13,18,20H,4-11,14H2,1-3H3,(H,31,36,37). The summed E-state index contributed by atoms with van der Waals surface area (Å²) in [6.45, 7) is 5.13. The van der Waals surface area contributed by atoms with Crippen LogP contribution in [0.25, 0.3) is 0 Å². The van der Waals surface area contributed by atoms with E-state index in [1.165, 1.54) is 6.07 Å². The number of alkyl halides is 2. The number of likely N-dealkylation sites (tertiary alicyclic amines) is 1. The van der Waals surface area contributed by atoms with Crippen molar-refractivity contribution in [2.24, 2.45) is 0 Å². The summed E-state index contributed by atoms with van der Waals surface area (Å²) in [5, 5.41) is 2.11. The molecule has 11 nitrogen and oxygen atoms in total. The van der Waals surface area contributed by atoms with Crippen LogP contribution < -0.4 is 10.2 Å². The summed E-state index contributed by atoms with van der Waals surface area (Å²) in [4.78, 5) is 67.2. The number of hydrogen-bond acceptors (Lipinski definition) is 8. The van der Waals surface area contributed by atoms with E-state index in [4.69, 9.17) is 4.74 Å². The molecule has 0 spiro atoms. The van der Waals surface area contributed by atoms with Crippen LogP contribution in [0.4, 0.5) is 23.7 Å². The van der Waals surface area contributed by atoms with Crippen LogP contribution in [0.15, 0.2) is 12.1 Å². The topological polar surface area (TPSA) is 120 Å². The van der Waals surface area contributed by atoms with Gasteiger partial charge in [0.05, 0.1) is 29.4 Å². The third-order valence-corrected chi connectivity index (χ3v) is 7.82. The number of anilines is 1. The number of ether oxygens (including phenoxy) is 1. The fraction of sp³-hybridized carbons (Fsp3) is 0.593. The number of amides is 5. The number of rotatable bonds is 3. The number of hydrogen-bond donors (Lipinski definition) is 1. The molecule has 0 bridgehead atoms. The van der Waals surface area contributed by atoms with Crippen LogP contribution in [0.1, 0.15) is 60.7 Å². The average Bonchev–Trinajstić information content (AvgIpc) is 3.11. The zero-order chi connectivity index (χ0) is 29.9. The number of fused-ring (bicyclic) bond motifs is 1. The number of piperidine rings is 2. The Kier molecular flexibility index (Phi) is 7.24. The Morgan fingerprint density at radius 1 is 0.976 bits per heavy atom. The molecule has 2 atom stereocenters. The Balaban J connectivity index is 1.25. The maximum Gasteiger partial charge on any atom is 0.410 e. The largest absolute Gasteiger partial charge is 0.444 e. The maximum atomic E-state index is 15.2. The molecule has 0 aromatic heterocycles. The van der Waals surface area contributed by atoms with Crippen LogP contribution >= 0.6 is 0 Å². The second-order valence-corrected chi connectivity index (χ2v) is 11.8. The van der Waals surface area contributed by atoms with Gasteiger partial charge < -0.3 is 14.5 Å². The predicted molar refractivity (Wildman–Crippen MR) is 138 cm³/mol. The van der Waals surface area contributed by atoms with Gasteiger partial charge in [0, 0.05) is 39.1 Å². The van der Waals surface area contributed by atoms with Crippen molar-refractivity contribution in [3.05, 3.63) is 29.1 Å². The quantitative estimate of drug-likeness (QED) is 0.541. The van der Waals surface area contributed by atoms with E-state index < -0.39 is 65.7 Å². The normalized spacial score (nSPS) is 25.4. The van der Waals surface area contributed by atoms with E-state index in [2.05, 4.69) is 5.32 Å². The summed E-state index contributed by atoms with van der Waals surface area (Å²) >= 11 is 0. The lowest BCUT2D eigenvalue weighted by Crippen LogP contribution is -2.62. The van der Waals surface area contributed by atoms with Gasteiger partial charge in [-0.2, -0.15) is 0 Å². The van der Waals surface area contributed by atoms with Crippen molar-refractivity contribution >= 4 is 35.4 Å². The highest BCUT2D eigenvalue weighted by Crippen LogP contribution is 2.35. The first-order chi connectivity index (χ1) is 19.2. The lowest BCUT2D eigenvalue weighted by Gasteiger charge is -2.46. The molecule has 0 aliphatic carbocycles. The summed E-state index contributed by atoms with van der Waals surface area (Å²) in [7, 11) is 0. The number of imide groups is 2. The molecule has 4 aliphatic rings. The van der Waals surface area contributed by atoms with E-state index in [-0.39, 0.29) is 68.8 Å². The SMILES string of the molecule is CC(C)(C)OC(=O)N1CCC(N2CCN(c3cc4c(cc3F)C(=O)N(C3CCC(=O)NC3=O)C4=O)CC2)C(F)(F)C1. The van der Waals surface area contributed by atoms with E-state index in [1.54, 1.807) is 30.6 Å². The van der Waals surface area contributed by atoms with Gasteiger partial charge in [-0.1, -0.05) is 0 Å². The van der Waals surface area contributed by atoms with E-state index in [0.29, 0.717) is 0 Å². The van der Waals surface area contributed by atoms with Gasteiger partial charge in [0.25, 0.3) is 17.7 Å². The van der Waals surface area contributed by atoms with Gasteiger partial charge in [-0.3, -0.25) is 34.3 Å². The van der Waals surface area contributed by atoms with Crippen LogP contribution in [-0.4, -0.2) is 107 Å². The van der Waals surface area contributed by atoms with E-state index in [0.717, 1.165) is 15.9 Å². The van der Waals surface area contributed by atoms with E-state index in [1.807, 2.05) is 0 Å². The molecule has 222 valence electrons. The van der Waals surface area contributed by atoms with E-state index >= 15 is 13.2 Å². The van der Waals surface area contributed by atoms with E-state index in [9.17, 15) is 24.0 Å². The number of carbonyl (C=O) groups excluding carboxylic acids is 5. The molecule has 4 heterocycles. The Bertz CT molecular complexity index is 1310. The molecule has 1 aromatic rings. The molecule has 2 unspecified atom stereocenters. The number of nitrogens with one attached hydrogen (secondary N) is 1. The highest BCUT2D eigenvalue weighted by Gasteiger charge is 2.50. The summed E-state index contributed by atoms with van der Waals surface area (Å²) < 4.78 is 50.8. The molecule has 4 aliphatic heterocycles. The number of nitrogens with zero attached hydrogens (tertiary/aromatic N) is 4. The molecule has 1 aromatic carbocycles. The van der Waals surface area contributed by atoms with Crippen molar-refractivity contribution in [1.29, 1.82) is 0 Å². The Hall–Kier alpha value is -3.68. The third-order valence-electron chi connectivity index (χ3n) is 7.82. The molecular weight excluding hydrogens is 547 g/mol. The molecule has 3 saturated heterocycles. The highest BCUT2D eigenvalue weighted by molar-refractivity contribution is 6.23. The van der Waals surface area contributed by atoms with Gasteiger partial charge in [-0.05, 0) is 45.7 Å². The van der Waals surface area contributed by atoms with Gasteiger partial charge in [0.2, 0.25) is 11.8 Å². The molecule has 3 fully saturated rings. The lowest BCUT2D eigenvalue weighted by atomic mass is 9.98. The van der Waals surface area contributed by atoms with Gasteiger partial charge in [0.15, 0.2) is 0 Å². The molecule has 1 N–H and O–H groups in total. The van der Waals surface area contributed by atoms with Crippen molar-refractivity contribution in [1.82, 2.24) is 20.0 Å². The van der Waals surface area contributed by atoms with Crippen LogP contribution in [-0.2, 0) is 14.3 Å². The number of carbonyl (C=O) groups is 5. The lowest BCUT2D eigenvalue weighted by molar-refractivity contribution is -0.136. The molecule has 14 heteroatoms. The minimum absolute atomic E-state index is 0.0191. The van der Waals surface area contributed by atoms with Crippen LogP contribution in [0.5, 0.6) is 0 Å².